The van der Waals surface area contributed by atoms with E-state index in [0.717, 1.165) is 11.1 Å². The molecule has 4 nitrogen and oxygen atoms in total. The van der Waals surface area contributed by atoms with E-state index >= 15 is 0 Å². The van der Waals surface area contributed by atoms with Gasteiger partial charge in [-0.15, -0.1) is 0 Å². The molecule has 16 heavy (non-hydrogen) atoms. The third kappa shape index (κ3) is 2.33. The van der Waals surface area contributed by atoms with Gasteiger partial charge in [-0.1, -0.05) is 0 Å². The fourth-order valence-electron chi connectivity index (χ4n) is 1.63. The van der Waals surface area contributed by atoms with Crippen LogP contribution in [0.1, 0.15) is 22.7 Å². The molecule has 0 amide bonds. The first-order valence-corrected chi connectivity index (χ1v) is 5.06. The monoisotopic (exact) mass is 223 g/mol. The number of aryl methyl sites for hydroxylation is 2. The molecule has 1 unspecified atom stereocenters. The molecule has 0 aromatic heterocycles. The lowest BCUT2D eigenvalue weighted by atomic mass is 10.00. The summed E-state index contributed by atoms with van der Waals surface area (Å²) in [5.74, 6) is -0.311. The number of carbonyl (C=O) groups is 1. The highest BCUT2D eigenvalue weighted by Crippen LogP contribution is 2.28. The Morgan fingerprint density at radius 2 is 1.94 bits per heavy atom. The van der Waals surface area contributed by atoms with Gasteiger partial charge in [0.25, 0.3) is 0 Å². The van der Waals surface area contributed by atoms with Gasteiger partial charge in [-0.2, -0.15) is 0 Å². The molecule has 0 fully saturated rings. The highest BCUT2D eigenvalue weighted by Gasteiger charge is 2.22. The molecule has 0 aliphatic heterocycles. The topological polar surface area (TPSA) is 58.6 Å². The molecule has 1 aromatic rings. The van der Waals surface area contributed by atoms with E-state index in [4.69, 9.17) is 9.84 Å². The molecule has 0 spiro atoms. The van der Waals surface area contributed by atoms with Gasteiger partial charge in [0.15, 0.2) is 0 Å². The molecule has 0 saturated carbocycles. The third-order valence-corrected chi connectivity index (χ3v) is 2.69. The van der Waals surface area contributed by atoms with Crippen LogP contribution in [-0.2, 0) is 4.79 Å². The first-order valence-electron chi connectivity index (χ1n) is 5.06. The van der Waals surface area contributed by atoms with Gasteiger partial charge in [0.2, 0.25) is 0 Å². The number of hydrogen-bond acceptors (Lipinski definition) is 3. The van der Waals surface area contributed by atoms with Crippen molar-refractivity contribution in [3.8, 4) is 5.75 Å². The van der Waals surface area contributed by atoms with Crippen molar-refractivity contribution in [2.75, 3.05) is 14.2 Å². The zero-order valence-corrected chi connectivity index (χ0v) is 10.00. The maximum Gasteiger partial charge on any atom is 0.325 e. The quantitative estimate of drug-likeness (QED) is 0.815. The number of ether oxygens (including phenoxy) is 1. The van der Waals surface area contributed by atoms with Crippen molar-refractivity contribution in [2.45, 2.75) is 19.9 Å². The Balaban J connectivity index is 3.30. The zero-order chi connectivity index (χ0) is 12.3. The van der Waals surface area contributed by atoms with Crippen LogP contribution in [0.15, 0.2) is 12.1 Å². The van der Waals surface area contributed by atoms with E-state index in [2.05, 4.69) is 5.32 Å². The van der Waals surface area contributed by atoms with Gasteiger partial charge in [0, 0.05) is 5.56 Å². The van der Waals surface area contributed by atoms with E-state index < -0.39 is 12.0 Å². The van der Waals surface area contributed by atoms with Crippen LogP contribution in [0.25, 0.3) is 0 Å². The van der Waals surface area contributed by atoms with E-state index in [1.54, 1.807) is 14.2 Å². The number of hydrogen-bond donors (Lipinski definition) is 2. The maximum absolute atomic E-state index is 11.1. The predicted octanol–water partition coefficient (Wildman–Crippen LogP) is 1.66. The molecule has 88 valence electrons. The van der Waals surface area contributed by atoms with Crippen molar-refractivity contribution in [3.63, 3.8) is 0 Å². The molecular formula is C12H17NO3. The van der Waals surface area contributed by atoms with E-state index in [1.165, 1.54) is 0 Å². The Bertz CT molecular complexity index is 401. The van der Waals surface area contributed by atoms with Crippen molar-refractivity contribution in [3.05, 3.63) is 28.8 Å². The van der Waals surface area contributed by atoms with Crippen molar-refractivity contribution in [1.29, 1.82) is 0 Å². The van der Waals surface area contributed by atoms with Crippen LogP contribution in [-0.4, -0.2) is 25.2 Å². The van der Waals surface area contributed by atoms with Gasteiger partial charge in [-0.3, -0.25) is 4.79 Å². The molecule has 0 radical (unpaired) electrons. The van der Waals surface area contributed by atoms with Crippen molar-refractivity contribution in [2.24, 2.45) is 0 Å². The van der Waals surface area contributed by atoms with Gasteiger partial charge in [0.05, 0.1) is 7.11 Å². The second-order valence-electron chi connectivity index (χ2n) is 3.74. The molecule has 0 aliphatic carbocycles. The average Bonchev–Trinajstić information content (AvgIpc) is 2.23. The van der Waals surface area contributed by atoms with Crippen LogP contribution in [0.5, 0.6) is 5.75 Å². The summed E-state index contributed by atoms with van der Waals surface area (Å²) in [5.41, 5.74) is 2.79. The summed E-state index contributed by atoms with van der Waals surface area (Å²) in [6, 6.07) is 2.97. The van der Waals surface area contributed by atoms with E-state index in [-0.39, 0.29) is 0 Å². The molecule has 0 saturated heterocycles. The number of likely N-dealkylation sites (N-methyl/N-ethyl adjacent to an activating group) is 1. The van der Waals surface area contributed by atoms with Crippen LogP contribution in [0.2, 0.25) is 0 Å². The van der Waals surface area contributed by atoms with Crippen LogP contribution in [0.3, 0.4) is 0 Å². The SMILES string of the molecule is CNC(C(=O)O)c1cc(C)c(C)cc1OC. The van der Waals surface area contributed by atoms with Gasteiger partial charge >= 0.3 is 5.97 Å². The maximum atomic E-state index is 11.1. The van der Waals surface area contributed by atoms with E-state index in [1.807, 2.05) is 26.0 Å². The van der Waals surface area contributed by atoms with Gasteiger partial charge < -0.3 is 15.2 Å². The summed E-state index contributed by atoms with van der Waals surface area (Å²) < 4.78 is 5.21. The first-order chi connectivity index (χ1) is 7.51. The van der Waals surface area contributed by atoms with E-state index in [0.29, 0.717) is 11.3 Å². The molecule has 0 heterocycles. The van der Waals surface area contributed by atoms with Crippen LogP contribution in [0, 0.1) is 13.8 Å². The summed E-state index contributed by atoms with van der Waals surface area (Å²) >= 11 is 0. The summed E-state index contributed by atoms with van der Waals surface area (Å²) in [4.78, 5) is 11.1. The molecule has 1 aromatic carbocycles. The lowest BCUT2D eigenvalue weighted by molar-refractivity contribution is -0.139. The second-order valence-corrected chi connectivity index (χ2v) is 3.74. The zero-order valence-electron chi connectivity index (χ0n) is 10.00. The minimum atomic E-state index is -0.913. The largest absolute Gasteiger partial charge is 0.496 e. The molecule has 0 bridgehead atoms. The smallest absolute Gasteiger partial charge is 0.325 e. The van der Waals surface area contributed by atoms with Gasteiger partial charge in [-0.25, -0.2) is 0 Å². The van der Waals surface area contributed by atoms with Crippen LogP contribution >= 0.6 is 0 Å². The van der Waals surface area contributed by atoms with Crippen molar-refractivity contribution < 1.29 is 14.6 Å². The van der Waals surface area contributed by atoms with Gasteiger partial charge in [0.1, 0.15) is 11.8 Å². The fourth-order valence-corrected chi connectivity index (χ4v) is 1.63. The lowest BCUT2D eigenvalue weighted by Crippen LogP contribution is -2.25. The number of aliphatic carboxylic acids is 1. The van der Waals surface area contributed by atoms with Crippen molar-refractivity contribution >= 4 is 5.97 Å². The number of rotatable bonds is 4. The standard InChI is InChI=1S/C12H17NO3/c1-7-5-9(11(13-3)12(14)15)10(16-4)6-8(7)2/h5-6,11,13H,1-4H3,(H,14,15). The van der Waals surface area contributed by atoms with Crippen LogP contribution < -0.4 is 10.1 Å². The normalized spacial score (nSPS) is 12.2. The third-order valence-electron chi connectivity index (χ3n) is 2.69. The Labute approximate surface area is 95.2 Å². The summed E-state index contributed by atoms with van der Waals surface area (Å²) in [7, 11) is 3.16. The summed E-state index contributed by atoms with van der Waals surface area (Å²) in [5, 5.41) is 11.8. The van der Waals surface area contributed by atoms with Crippen LogP contribution in [0.4, 0.5) is 0 Å². The lowest BCUT2D eigenvalue weighted by Gasteiger charge is -2.17. The molecule has 0 aliphatic rings. The minimum absolute atomic E-state index is 0.602. The molecule has 2 N–H and O–H groups in total. The minimum Gasteiger partial charge on any atom is -0.496 e. The fraction of sp³-hybridized carbons (Fsp3) is 0.417. The number of nitrogens with one attached hydrogen (secondary N) is 1. The molecular weight excluding hydrogens is 206 g/mol. The molecule has 4 heteroatoms. The Morgan fingerprint density at radius 1 is 1.38 bits per heavy atom. The molecule has 1 rings (SSSR count). The second kappa shape index (κ2) is 4.99. The Kier molecular flexibility index (Phi) is 3.90. The summed E-state index contributed by atoms with van der Waals surface area (Å²) in [6.45, 7) is 3.92. The number of benzene rings is 1. The molecule has 1 atom stereocenters. The van der Waals surface area contributed by atoms with E-state index in [9.17, 15) is 4.79 Å². The van der Waals surface area contributed by atoms with Crippen molar-refractivity contribution in [1.82, 2.24) is 5.32 Å². The summed E-state index contributed by atoms with van der Waals surface area (Å²) in [6.07, 6.45) is 0. The average molecular weight is 223 g/mol. The Hall–Kier alpha value is -1.55. The van der Waals surface area contributed by atoms with Gasteiger partial charge in [-0.05, 0) is 44.2 Å². The Morgan fingerprint density at radius 3 is 2.38 bits per heavy atom. The number of methoxy groups -OCH3 is 1. The number of carboxylic acids is 1. The first kappa shape index (κ1) is 12.5. The predicted molar refractivity (Wildman–Crippen MR) is 61.9 cm³/mol. The highest BCUT2D eigenvalue weighted by molar-refractivity contribution is 5.77. The highest BCUT2D eigenvalue weighted by atomic mass is 16.5. The number of carboxylic acid groups (broad SMARTS) is 1.